The lowest BCUT2D eigenvalue weighted by atomic mass is 9.94. The molecule has 0 amide bonds. The number of benzene rings is 4. The number of aryl methyl sites for hydroxylation is 1. The predicted octanol–water partition coefficient (Wildman–Crippen LogP) is 7.79. The first kappa shape index (κ1) is 29.1. The van der Waals surface area contributed by atoms with Crippen molar-refractivity contribution in [1.82, 2.24) is 9.78 Å². The Balaban J connectivity index is 1.23. The molecule has 0 unspecified atom stereocenters. The van der Waals surface area contributed by atoms with Gasteiger partial charge in [0.15, 0.2) is 0 Å². The highest BCUT2D eigenvalue weighted by Crippen LogP contribution is 2.53. The largest absolute Gasteiger partial charge is 0.497 e. The molecule has 0 radical (unpaired) electrons. The van der Waals surface area contributed by atoms with E-state index in [0.717, 1.165) is 70.6 Å². The van der Waals surface area contributed by atoms with Gasteiger partial charge in [0.05, 0.1) is 36.4 Å². The van der Waals surface area contributed by atoms with Gasteiger partial charge in [-0.25, -0.2) is 9.48 Å². The number of fused-ring (bicyclic) bond motifs is 2. The highest BCUT2D eigenvalue weighted by Gasteiger charge is 2.49. The number of carbonyl (C=O) groups excluding carboxylic acids is 1. The molecule has 228 valence electrons. The number of aliphatic hydroxyl groups excluding tert-OH is 1. The molecule has 3 atom stereocenters. The first-order chi connectivity index (χ1) is 22.1. The smallest absolute Gasteiger partial charge is 0.338 e. The SMILES string of the molecule is CCOC(=O)c1ccc(-c2ccc(-c3c4c(nn3-c3ccc(-c5ccc(OC)cc5)cc3)CC[C@@H]3[C@H](CO)[C@@H]3CC4)cc2)cc1. The van der Waals surface area contributed by atoms with Crippen molar-refractivity contribution in [1.29, 1.82) is 0 Å². The van der Waals surface area contributed by atoms with Crippen molar-refractivity contribution in [3.8, 4) is 44.9 Å². The van der Waals surface area contributed by atoms with Crippen LogP contribution in [0.4, 0.5) is 0 Å². The van der Waals surface area contributed by atoms with Crippen LogP contribution in [0.15, 0.2) is 97.1 Å². The maximum atomic E-state index is 12.1. The quantitative estimate of drug-likeness (QED) is 0.185. The molecule has 0 aliphatic heterocycles. The summed E-state index contributed by atoms with van der Waals surface area (Å²) in [4.78, 5) is 12.1. The van der Waals surface area contributed by atoms with E-state index >= 15 is 0 Å². The summed E-state index contributed by atoms with van der Waals surface area (Å²) in [7, 11) is 1.68. The first-order valence-corrected chi connectivity index (χ1v) is 15.9. The molecule has 45 heavy (non-hydrogen) atoms. The van der Waals surface area contributed by atoms with E-state index in [-0.39, 0.29) is 5.97 Å². The van der Waals surface area contributed by atoms with Gasteiger partial charge in [-0.3, -0.25) is 0 Å². The molecule has 1 N–H and O–H groups in total. The van der Waals surface area contributed by atoms with E-state index in [0.29, 0.717) is 36.5 Å². The monoisotopic (exact) mass is 598 g/mol. The molecule has 6 heteroatoms. The lowest BCUT2D eigenvalue weighted by molar-refractivity contribution is 0.0526. The molecule has 1 fully saturated rings. The van der Waals surface area contributed by atoms with Gasteiger partial charge in [-0.1, -0.05) is 60.7 Å². The normalized spacial score (nSPS) is 18.7. The average Bonchev–Trinajstić information content (AvgIpc) is 3.64. The zero-order chi connectivity index (χ0) is 30.9. The molecule has 4 aromatic carbocycles. The molecule has 0 saturated heterocycles. The van der Waals surface area contributed by atoms with Crippen LogP contribution in [-0.4, -0.2) is 41.2 Å². The molecule has 5 aromatic rings. The summed E-state index contributed by atoms with van der Waals surface area (Å²) in [5.41, 5.74) is 10.8. The molecule has 1 saturated carbocycles. The third-order valence-corrected chi connectivity index (χ3v) is 9.65. The second-order valence-electron chi connectivity index (χ2n) is 12.1. The van der Waals surface area contributed by atoms with Gasteiger partial charge in [0, 0.05) is 17.7 Å². The minimum absolute atomic E-state index is 0.294. The topological polar surface area (TPSA) is 73.6 Å². The molecule has 6 nitrogen and oxygen atoms in total. The molecule has 7 rings (SSSR count). The molecule has 1 aromatic heterocycles. The first-order valence-electron chi connectivity index (χ1n) is 15.9. The Morgan fingerprint density at radius 1 is 0.778 bits per heavy atom. The maximum Gasteiger partial charge on any atom is 0.338 e. The van der Waals surface area contributed by atoms with Gasteiger partial charge in [-0.2, -0.15) is 5.10 Å². The summed E-state index contributed by atoms with van der Waals surface area (Å²) in [5, 5.41) is 15.1. The van der Waals surface area contributed by atoms with Gasteiger partial charge in [0.25, 0.3) is 0 Å². The van der Waals surface area contributed by atoms with Crippen molar-refractivity contribution < 1.29 is 19.4 Å². The number of aliphatic hydroxyl groups is 1. The van der Waals surface area contributed by atoms with Crippen molar-refractivity contribution in [2.75, 3.05) is 20.3 Å². The van der Waals surface area contributed by atoms with Gasteiger partial charge in [0.1, 0.15) is 5.75 Å². The number of hydrogen-bond donors (Lipinski definition) is 1. The fourth-order valence-electron chi connectivity index (χ4n) is 7.12. The van der Waals surface area contributed by atoms with Crippen LogP contribution in [0.1, 0.15) is 41.4 Å². The van der Waals surface area contributed by atoms with Crippen LogP contribution in [0, 0.1) is 17.8 Å². The maximum absolute atomic E-state index is 12.1. The van der Waals surface area contributed by atoms with Crippen molar-refractivity contribution in [2.24, 2.45) is 17.8 Å². The number of aromatic nitrogens is 2. The average molecular weight is 599 g/mol. The fraction of sp³-hybridized carbons (Fsp3) is 0.282. The van der Waals surface area contributed by atoms with E-state index in [9.17, 15) is 9.90 Å². The van der Waals surface area contributed by atoms with Crippen LogP contribution in [0.5, 0.6) is 5.75 Å². The number of hydrogen-bond acceptors (Lipinski definition) is 5. The van der Waals surface area contributed by atoms with Crippen molar-refractivity contribution in [3.63, 3.8) is 0 Å². The summed E-state index contributed by atoms with van der Waals surface area (Å²) in [6, 6.07) is 33.0. The summed E-state index contributed by atoms with van der Waals surface area (Å²) in [5.74, 6) is 2.23. The third-order valence-electron chi connectivity index (χ3n) is 9.65. The Kier molecular flexibility index (Phi) is 7.99. The van der Waals surface area contributed by atoms with E-state index in [2.05, 4.69) is 65.3 Å². The number of ether oxygens (including phenoxy) is 2. The standard InChI is InChI=1S/C39H38N2O4/c1-3-45-39(43)30-10-6-26(7-11-30)25-4-8-29(9-5-25)38-35-21-20-33-34(36(33)24-42)22-23-37(35)40-41(38)31-16-12-27(13-17-31)28-14-18-32(44-2)19-15-28/h4-19,33-34,36,42H,3,20-24H2,1-2H3/t33-,34+,36-/m1/s1. The van der Waals surface area contributed by atoms with Gasteiger partial charge >= 0.3 is 5.97 Å². The Morgan fingerprint density at radius 2 is 1.31 bits per heavy atom. The molecule has 0 spiro atoms. The van der Waals surface area contributed by atoms with Crippen LogP contribution in [0.3, 0.4) is 0 Å². The van der Waals surface area contributed by atoms with Gasteiger partial charge in [0.2, 0.25) is 0 Å². The molecule has 0 bridgehead atoms. The summed E-state index contributed by atoms with van der Waals surface area (Å²) in [6.45, 7) is 2.47. The number of esters is 1. The van der Waals surface area contributed by atoms with Crippen LogP contribution < -0.4 is 4.74 Å². The summed E-state index contributed by atoms with van der Waals surface area (Å²) in [6.07, 6.45) is 4.06. The molecular formula is C39H38N2O4. The van der Waals surface area contributed by atoms with Crippen molar-refractivity contribution in [2.45, 2.75) is 32.6 Å². The number of nitrogens with zero attached hydrogens (tertiary/aromatic N) is 2. The van der Waals surface area contributed by atoms with Crippen LogP contribution >= 0.6 is 0 Å². The van der Waals surface area contributed by atoms with Crippen molar-refractivity contribution in [3.05, 3.63) is 114 Å². The van der Waals surface area contributed by atoms with E-state index in [1.165, 1.54) is 11.3 Å². The van der Waals surface area contributed by atoms with Gasteiger partial charge < -0.3 is 14.6 Å². The lowest BCUT2D eigenvalue weighted by Crippen LogP contribution is -2.04. The highest BCUT2D eigenvalue weighted by molar-refractivity contribution is 5.90. The minimum Gasteiger partial charge on any atom is -0.497 e. The molecule has 2 aliphatic carbocycles. The summed E-state index contributed by atoms with van der Waals surface area (Å²) >= 11 is 0. The van der Waals surface area contributed by atoms with Crippen LogP contribution in [-0.2, 0) is 17.6 Å². The van der Waals surface area contributed by atoms with Crippen LogP contribution in [0.2, 0.25) is 0 Å². The number of carbonyl (C=O) groups is 1. The Morgan fingerprint density at radius 3 is 1.89 bits per heavy atom. The minimum atomic E-state index is -0.302. The second kappa shape index (κ2) is 12.4. The van der Waals surface area contributed by atoms with E-state index in [1.54, 1.807) is 7.11 Å². The lowest BCUT2D eigenvalue weighted by Gasteiger charge is -2.13. The Hall–Kier alpha value is -4.68. The highest BCUT2D eigenvalue weighted by atomic mass is 16.5. The van der Waals surface area contributed by atoms with E-state index in [1.807, 2.05) is 43.3 Å². The predicted molar refractivity (Wildman–Crippen MR) is 177 cm³/mol. The number of methoxy groups -OCH3 is 1. The fourth-order valence-corrected chi connectivity index (χ4v) is 7.12. The van der Waals surface area contributed by atoms with Crippen molar-refractivity contribution >= 4 is 5.97 Å². The van der Waals surface area contributed by atoms with Gasteiger partial charge in [-0.05, 0) is 109 Å². The molecule has 1 heterocycles. The Bertz CT molecular complexity index is 1790. The second-order valence-corrected chi connectivity index (χ2v) is 12.1. The molecule has 2 aliphatic rings. The Labute approximate surface area is 264 Å². The third kappa shape index (κ3) is 5.67. The summed E-state index contributed by atoms with van der Waals surface area (Å²) < 4.78 is 12.6. The van der Waals surface area contributed by atoms with E-state index in [4.69, 9.17) is 14.6 Å². The zero-order valence-electron chi connectivity index (χ0n) is 25.8. The zero-order valence-corrected chi connectivity index (χ0v) is 25.8. The number of rotatable bonds is 8. The molecular weight excluding hydrogens is 560 g/mol. The van der Waals surface area contributed by atoms with E-state index < -0.39 is 0 Å². The van der Waals surface area contributed by atoms with Gasteiger partial charge in [-0.15, -0.1) is 0 Å². The van der Waals surface area contributed by atoms with Crippen LogP contribution in [0.25, 0.3) is 39.2 Å².